The summed E-state index contributed by atoms with van der Waals surface area (Å²) in [7, 11) is 1.58. The van der Waals surface area contributed by atoms with Crippen molar-refractivity contribution in [3.05, 3.63) is 0 Å². The lowest BCUT2D eigenvalue weighted by molar-refractivity contribution is -0.130. The Hall–Kier alpha value is -1.43. The summed E-state index contributed by atoms with van der Waals surface area (Å²) in [5.41, 5.74) is 0.469. The Bertz CT molecular complexity index is 448. The van der Waals surface area contributed by atoms with Crippen molar-refractivity contribution >= 4 is 17.5 Å². The highest BCUT2D eigenvalue weighted by Gasteiger charge is 2.44. The van der Waals surface area contributed by atoms with Gasteiger partial charge < -0.3 is 10.0 Å². The molecule has 1 aliphatic carbocycles. The lowest BCUT2D eigenvalue weighted by Crippen LogP contribution is -2.40. The van der Waals surface area contributed by atoms with Gasteiger partial charge in [-0.1, -0.05) is 0 Å². The maximum atomic E-state index is 12.4. The van der Waals surface area contributed by atoms with Gasteiger partial charge in [-0.2, -0.15) is 5.10 Å². The predicted molar refractivity (Wildman–Crippen MR) is 68.2 cm³/mol. The van der Waals surface area contributed by atoms with E-state index in [0.29, 0.717) is 31.0 Å². The van der Waals surface area contributed by atoms with E-state index in [1.54, 1.807) is 11.9 Å². The Morgan fingerprint density at radius 2 is 2.11 bits per heavy atom. The van der Waals surface area contributed by atoms with Crippen molar-refractivity contribution in [3.8, 4) is 0 Å². The molecule has 6 nitrogen and oxygen atoms in total. The monoisotopic (exact) mass is 265 g/mol. The molecule has 3 atom stereocenters. The number of carbonyl (C=O) groups excluding carboxylic acids is 2. The van der Waals surface area contributed by atoms with Gasteiger partial charge in [-0.05, 0) is 18.8 Å². The average molecular weight is 265 g/mol. The highest BCUT2D eigenvalue weighted by atomic mass is 16.3. The van der Waals surface area contributed by atoms with Gasteiger partial charge in [0.1, 0.15) is 5.71 Å². The third-order valence-corrected chi connectivity index (χ3v) is 4.56. The summed E-state index contributed by atoms with van der Waals surface area (Å²) in [6.45, 7) is 1.35. The van der Waals surface area contributed by atoms with Gasteiger partial charge in [-0.15, -0.1) is 0 Å². The second kappa shape index (κ2) is 4.59. The molecule has 1 saturated carbocycles. The van der Waals surface area contributed by atoms with Gasteiger partial charge >= 0.3 is 0 Å². The number of rotatable bonds is 1. The predicted octanol–water partition coefficient (Wildman–Crippen LogP) is -0.176. The van der Waals surface area contributed by atoms with Crippen LogP contribution in [0.1, 0.15) is 25.7 Å². The summed E-state index contributed by atoms with van der Waals surface area (Å²) in [4.78, 5) is 25.5. The van der Waals surface area contributed by atoms with Crippen LogP contribution < -0.4 is 0 Å². The zero-order valence-electron chi connectivity index (χ0n) is 11.1. The summed E-state index contributed by atoms with van der Waals surface area (Å²) in [6, 6.07) is 0. The molecular formula is C13H19N3O3. The van der Waals surface area contributed by atoms with Crippen LogP contribution in [0.3, 0.4) is 0 Å². The highest BCUT2D eigenvalue weighted by Crippen LogP contribution is 2.38. The molecule has 3 unspecified atom stereocenters. The van der Waals surface area contributed by atoms with Gasteiger partial charge in [0.25, 0.3) is 5.91 Å². The third kappa shape index (κ3) is 2.14. The number of aliphatic hydroxyl groups excluding tert-OH is 1. The van der Waals surface area contributed by atoms with E-state index in [9.17, 15) is 14.7 Å². The first-order valence-corrected chi connectivity index (χ1v) is 6.87. The van der Waals surface area contributed by atoms with Gasteiger partial charge in [-0.3, -0.25) is 9.59 Å². The Balaban J connectivity index is 1.69. The quantitative estimate of drug-likeness (QED) is 0.715. The van der Waals surface area contributed by atoms with Gasteiger partial charge in [0.05, 0.1) is 6.10 Å². The van der Waals surface area contributed by atoms with Crippen LogP contribution in [-0.2, 0) is 9.59 Å². The van der Waals surface area contributed by atoms with Crippen molar-refractivity contribution in [1.82, 2.24) is 9.91 Å². The number of amides is 2. The minimum absolute atomic E-state index is 0.0507. The van der Waals surface area contributed by atoms with Crippen LogP contribution in [0.5, 0.6) is 0 Å². The van der Waals surface area contributed by atoms with E-state index in [0.717, 1.165) is 19.4 Å². The van der Waals surface area contributed by atoms with Crippen LogP contribution in [0.2, 0.25) is 0 Å². The number of likely N-dealkylation sites (tertiary alicyclic amines) is 1. The van der Waals surface area contributed by atoms with E-state index < -0.39 is 0 Å². The van der Waals surface area contributed by atoms with Crippen molar-refractivity contribution in [2.75, 3.05) is 20.1 Å². The molecule has 3 rings (SSSR count). The van der Waals surface area contributed by atoms with Gasteiger partial charge in [0, 0.05) is 38.9 Å². The van der Waals surface area contributed by atoms with Gasteiger partial charge in [0.15, 0.2) is 0 Å². The van der Waals surface area contributed by atoms with Crippen LogP contribution in [-0.4, -0.2) is 58.8 Å². The van der Waals surface area contributed by atoms with E-state index in [-0.39, 0.29) is 23.8 Å². The molecule has 0 aromatic rings. The number of hydrazone groups is 1. The maximum absolute atomic E-state index is 12.4. The molecule has 2 heterocycles. The standard InChI is InChI=1S/C13H19N3O3/c1-15-12(18)5-3-10(14-15)13(19)16-6-8-2-4-11(17)9(8)7-16/h8-9,11,17H,2-7H2,1H3. The van der Waals surface area contributed by atoms with Crippen molar-refractivity contribution in [2.24, 2.45) is 16.9 Å². The van der Waals surface area contributed by atoms with Crippen molar-refractivity contribution in [2.45, 2.75) is 31.8 Å². The van der Waals surface area contributed by atoms with Crippen LogP contribution >= 0.6 is 0 Å². The second-order valence-corrected chi connectivity index (χ2v) is 5.74. The van der Waals surface area contributed by atoms with Crippen molar-refractivity contribution in [1.29, 1.82) is 0 Å². The zero-order valence-corrected chi connectivity index (χ0v) is 11.1. The van der Waals surface area contributed by atoms with Crippen LogP contribution in [0.4, 0.5) is 0 Å². The van der Waals surface area contributed by atoms with Crippen molar-refractivity contribution in [3.63, 3.8) is 0 Å². The molecule has 1 N–H and O–H groups in total. The zero-order chi connectivity index (χ0) is 13.6. The van der Waals surface area contributed by atoms with E-state index in [2.05, 4.69) is 5.10 Å². The fourth-order valence-electron chi connectivity index (χ4n) is 3.41. The lowest BCUT2D eigenvalue weighted by atomic mass is 10.00. The SMILES string of the molecule is CN1N=C(C(=O)N2CC3CCC(O)C3C2)CCC1=O. The molecule has 0 spiro atoms. The second-order valence-electron chi connectivity index (χ2n) is 5.74. The molecule has 6 heteroatoms. The average Bonchev–Trinajstić information content (AvgIpc) is 2.95. The fourth-order valence-corrected chi connectivity index (χ4v) is 3.41. The van der Waals surface area contributed by atoms with Crippen molar-refractivity contribution < 1.29 is 14.7 Å². The molecule has 2 amide bonds. The van der Waals surface area contributed by atoms with Crippen LogP contribution in [0.15, 0.2) is 5.10 Å². The first-order chi connectivity index (χ1) is 9.06. The molecule has 3 aliphatic rings. The summed E-state index contributed by atoms with van der Waals surface area (Å²) in [6.07, 6.45) is 2.37. The Kier molecular flexibility index (Phi) is 3.05. The first-order valence-electron chi connectivity index (χ1n) is 6.87. The van der Waals surface area contributed by atoms with E-state index >= 15 is 0 Å². The molecule has 0 aromatic carbocycles. The molecular weight excluding hydrogens is 246 g/mol. The Morgan fingerprint density at radius 1 is 1.32 bits per heavy atom. The van der Waals surface area contributed by atoms with E-state index in [4.69, 9.17) is 0 Å². The third-order valence-electron chi connectivity index (χ3n) is 4.56. The highest BCUT2D eigenvalue weighted by molar-refractivity contribution is 6.39. The molecule has 2 aliphatic heterocycles. The summed E-state index contributed by atoms with van der Waals surface area (Å²) < 4.78 is 0. The van der Waals surface area contributed by atoms with Crippen LogP contribution in [0.25, 0.3) is 0 Å². The normalized spacial score (nSPS) is 34.5. The minimum Gasteiger partial charge on any atom is -0.393 e. The molecule has 2 fully saturated rings. The smallest absolute Gasteiger partial charge is 0.270 e. The molecule has 104 valence electrons. The number of aliphatic hydroxyl groups is 1. The van der Waals surface area contributed by atoms with Gasteiger partial charge in [-0.25, -0.2) is 5.01 Å². The van der Waals surface area contributed by atoms with Crippen LogP contribution in [0, 0.1) is 11.8 Å². The summed E-state index contributed by atoms with van der Waals surface area (Å²) in [5, 5.41) is 15.2. The van der Waals surface area contributed by atoms with Gasteiger partial charge in [0.2, 0.25) is 5.91 Å². The Morgan fingerprint density at radius 3 is 2.79 bits per heavy atom. The number of nitrogens with zero attached hydrogens (tertiary/aromatic N) is 3. The number of fused-ring (bicyclic) bond motifs is 1. The fraction of sp³-hybridized carbons (Fsp3) is 0.769. The topological polar surface area (TPSA) is 73.2 Å². The van der Waals surface area contributed by atoms with E-state index in [1.807, 2.05) is 0 Å². The number of hydrogen-bond donors (Lipinski definition) is 1. The summed E-state index contributed by atoms with van der Waals surface area (Å²) >= 11 is 0. The first kappa shape index (κ1) is 12.6. The summed E-state index contributed by atoms with van der Waals surface area (Å²) in [5.74, 6) is 0.543. The number of carbonyl (C=O) groups is 2. The molecule has 1 saturated heterocycles. The molecule has 0 radical (unpaired) electrons. The maximum Gasteiger partial charge on any atom is 0.270 e. The van der Waals surface area contributed by atoms with E-state index in [1.165, 1.54) is 5.01 Å². The largest absolute Gasteiger partial charge is 0.393 e. The Labute approximate surface area is 112 Å². The minimum atomic E-state index is -0.264. The lowest BCUT2D eigenvalue weighted by Gasteiger charge is -2.23. The number of hydrogen-bond acceptors (Lipinski definition) is 4. The molecule has 0 bridgehead atoms. The molecule has 0 aromatic heterocycles. The molecule has 19 heavy (non-hydrogen) atoms.